The Labute approximate surface area is 165 Å². The molecule has 0 aliphatic carbocycles. The Morgan fingerprint density at radius 1 is 1.15 bits per heavy atom. The lowest BCUT2D eigenvalue weighted by molar-refractivity contribution is -0.116. The molecule has 0 atom stereocenters. The number of amides is 1. The predicted molar refractivity (Wildman–Crippen MR) is 103 cm³/mol. The van der Waals surface area contributed by atoms with Gasteiger partial charge >= 0.3 is 0 Å². The third-order valence-corrected chi connectivity index (χ3v) is 5.08. The predicted octanol–water partition coefficient (Wildman–Crippen LogP) is 4.14. The molecule has 1 amide bonds. The number of aromatic nitrogens is 4. The van der Waals surface area contributed by atoms with E-state index >= 15 is 0 Å². The van der Waals surface area contributed by atoms with Gasteiger partial charge in [-0.15, -0.1) is 0 Å². The lowest BCUT2D eigenvalue weighted by atomic mass is 10.2. The summed E-state index contributed by atoms with van der Waals surface area (Å²) in [6.45, 7) is 5.57. The Kier molecular flexibility index (Phi) is 5.53. The van der Waals surface area contributed by atoms with Gasteiger partial charge in [0.2, 0.25) is 5.91 Å². The van der Waals surface area contributed by atoms with E-state index in [0.29, 0.717) is 38.4 Å². The number of aryl methyl sites for hydroxylation is 1. The highest BCUT2D eigenvalue weighted by Gasteiger charge is 2.17. The molecule has 2 aromatic heterocycles. The maximum Gasteiger partial charge on any atom is 0.246 e. The number of benzene rings is 1. The molecule has 1 N–H and O–H groups in total. The van der Waals surface area contributed by atoms with Crippen LogP contribution in [0.25, 0.3) is 0 Å². The molecule has 0 radical (unpaired) electrons. The molecule has 0 saturated carbocycles. The topological polar surface area (TPSA) is 64.7 Å². The lowest BCUT2D eigenvalue weighted by Crippen LogP contribution is -2.21. The fourth-order valence-electron chi connectivity index (χ4n) is 2.76. The average Bonchev–Trinajstić information content (AvgIpc) is 3.06. The van der Waals surface area contributed by atoms with E-state index in [4.69, 9.17) is 23.2 Å². The smallest absolute Gasteiger partial charge is 0.246 e. The minimum atomic E-state index is -0.397. The van der Waals surface area contributed by atoms with Crippen molar-refractivity contribution in [3.8, 4) is 0 Å². The summed E-state index contributed by atoms with van der Waals surface area (Å²) >= 11 is 12.1. The largest absolute Gasteiger partial charge is 0.321 e. The van der Waals surface area contributed by atoms with Crippen LogP contribution >= 0.6 is 23.2 Å². The molecule has 0 saturated heterocycles. The number of carbonyl (C=O) groups excluding carboxylic acids is 1. The van der Waals surface area contributed by atoms with Gasteiger partial charge in [-0.2, -0.15) is 10.2 Å². The summed E-state index contributed by atoms with van der Waals surface area (Å²) in [4.78, 5) is 12.4. The molecular weight excluding hydrogens is 392 g/mol. The molecule has 1 aromatic carbocycles. The van der Waals surface area contributed by atoms with Crippen LogP contribution in [-0.2, 0) is 17.9 Å². The highest BCUT2D eigenvalue weighted by atomic mass is 35.5. The van der Waals surface area contributed by atoms with Gasteiger partial charge in [0.05, 0.1) is 40.5 Å². The third-order valence-electron chi connectivity index (χ3n) is 4.35. The second-order valence-corrected chi connectivity index (χ2v) is 7.00. The van der Waals surface area contributed by atoms with Crippen molar-refractivity contribution >= 4 is 34.8 Å². The number of nitrogens with one attached hydrogen (secondary N) is 1. The third kappa shape index (κ3) is 3.99. The maximum absolute atomic E-state index is 14.1. The van der Waals surface area contributed by atoms with Crippen molar-refractivity contribution in [2.75, 3.05) is 5.32 Å². The van der Waals surface area contributed by atoms with Gasteiger partial charge in [0, 0.05) is 10.6 Å². The van der Waals surface area contributed by atoms with E-state index in [-0.39, 0.29) is 19.0 Å². The van der Waals surface area contributed by atoms with E-state index < -0.39 is 5.82 Å². The molecule has 142 valence electrons. The van der Waals surface area contributed by atoms with Crippen molar-refractivity contribution in [3.05, 3.63) is 62.9 Å². The Morgan fingerprint density at radius 3 is 2.52 bits per heavy atom. The summed E-state index contributed by atoms with van der Waals surface area (Å²) in [5, 5.41) is 12.2. The van der Waals surface area contributed by atoms with Gasteiger partial charge in [-0.05, 0) is 32.9 Å². The first-order chi connectivity index (χ1) is 12.8. The van der Waals surface area contributed by atoms with Crippen LogP contribution in [0, 0.1) is 26.6 Å². The van der Waals surface area contributed by atoms with Crippen molar-refractivity contribution in [3.63, 3.8) is 0 Å². The first kappa shape index (κ1) is 19.4. The standard InChI is InChI=1S/C18H18Cl2FN5O/c1-10-18(23-17(27)9-25-11(2)15(20)7-22-25)12(3)26(24-10)8-13-14(19)5-4-6-16(13)21/h4-7H,8-9H2,1-3H3,(H,23,27). The van der Waals surface area contributed by atoms with E-state index in [0.717, 1.165) is 0 Å². The Balaban J connectivity index is 1.79. The van der Waals surface area contributed by atoms with Gasteiger partial charge in [0.15, 0.2) is 0 Å². The van der Waals surface area contributed by atoms with E-state index in [9.17, 15) is 9.18 Å². The summed E-state index contributed by atoms with van der Waals surface area (Å²) in [7, 11) is 0. The van der Waals surface area contributed by atoms with Gasteiger partial charge in [-0.3, -0.25) is 14.2 Å². The second kappa shape index (κ2) is 7.70. The fraction of sp³-hybridized carbons (Fsp3) is 0.278. The van der Waals surface area contributed by atoms with Crippen LogP contribution in [0.15, 0.2) is 24.4 Å². The van der Waals surface area contributed by atoms with Crippen molar-refractivity contribution in [1.82, 2.24) is 19.6 Å². The van der Waals surface area contributed by atoms with Crippen molar-refractivity contribution in [2.45, 2.75) is 33.9 Å². The van der Waals surface area contributed by atoms with Crippen LogP contribution < -0.4 is 5.32 Å². The summed E-state index contributed by atoms with van der Waals surface area (Å²) in [6.07, 6.45) is 1.50. The van der Waals surface area contributed by atoms with Gasteiger partial charge in [-0.1, -0.05) is 29.3 Å². The van der Waals surface area contributed by atoms with Crippen LogP contribution in [0.3, 0.4) is 0 Å². The van der Waals surface area contributed by atoms with E-state index in [1.54, 1.807) is 37.6 Å². The normalized spacial score (nSPS) is 11.0. The fourth-order valence-corrected chi connectivity index (χ4v) is 3.13. The second-order valence-electron chi connectivity index (χ2n) is 6.19. The monoisotopic (exact) mass is 409 g/mol. The number of anilines is 1. The zero-order chi connectivity index (χ0) is 19.7. The molecule has 0 aliphatic rings. The van der Waals surface area contributed by atoms with Crippen LogP contribution in [-0.4, -0.2) is 25.5 Å². The Bertz CT molecular complexity index is 991. The molecule has 2 heterocycles. The Morgan fingerprint density at radius 2 is 1.89 bits per heavy atom. The molecule has 0 spiro atoms. The number of rotatable bonds is 5. The minimum Gasteiger partial charge on any atom is -0.321 e. The summed E-state index contributed by atoms with van der Waals surface area (Å²) in [6, 6.07) is 4.54. The molecule has 0 unspecified atom stereocenters. The number of nitrogens with zero attached hydrogens (tertiary/aromatic N) is 4. The zero-order valence-corrected chi connectivity index (χ0v) is 16.6. The van der Waals surface area contributed by atoms with Crippen LogP contribution in [0.4, 0.5) is 10.1 Å². The molecule has 6 nitrogen and oxygen atoms in total. The number of halogens is 3. The molecular formula is C18H18Cl2FN5O. The molecule has 0 aliphatic heterocycles. The molecule has 9 heteroatoms. The molecule has 3 aromatic rings. The number of hydrogen-bond acceptors (Lipinski definition) is 3. The average molecular weight is 410 g/mol. The number of hydrogen-bond donors (Lipinski definition) is 1. The van der Waals surface area contributed by atoms with Gasteiger partial charge in [-0.25, -0.2) is 4.39 Å². The summed E-state index contributed by atoms with van der Waals surface area (Å²) in [5.74, 6) is -0.654. The van der Waals surface area contributed by atoms with Crippen molar-refractivity contribution < 1.29 is 9.18 Å². The summed E-state index contributed by atoms with van der Waals surface area (Å²) < 4.78 is 17.2. The first-order valence-electron chi connectivity index (χ1n) is 8.22. The van der Waals surface area contributed by atoms with Gasteiger partial charge in [0.1, 0.15) is 12.4 Å². The van der Waals surface area contributed by atoms with Crippen molar-refractivity contribution in [1.29, 1.82) is 0 Å². The zero-order valence-electron chi connectivity index (χ0n) is 15.1. The van der Waals surface area contributed by atoms with Crippen LogP contribution in [0.5, 0.6) is 0 Å². The number of carbonyl (C=O) groups is 1. The summed E-state index contributed by atoms with van der Waals surface area (Å²) in [5.41, 5.74) is 2.98. The highest BCUT2D eigenvalue weighted by Crippen LogP contribution is 2.24. The quantitative estimate of drug-likeness (QED) is 0.688. The Hall–Kier alpha value is -2.38. The van der Waals surface area contributed by atoms with Crippen LogP contribution in [0.2, 0.25) is 10.0 Å². The molecule has 3 rings (SSSR count). The van der Waals surface area contributed by atoms with E-state index in [1.807, 2.05) is 0 Å². The molecule has 0 bridgehead atoms. The minimum absolute atomic E-state index is 0.0295. The van der Waals surface area contributed by atoms with E-state index in [1.165, 1.54) is 16.9 Å². The SMILES string of the molecule is Cc1nn(Cc2c(F)cccc2Cl)c(C)c1NC(=O)Cn1ncc(Cl)c1C. The first-order valence-corrected chi connectivity index (χ1v) is 8.98. The maximum atomic E-state index is 14.1. The van der Waals surface area contributed by atoms with E-state index in [2.05, 4.69) is 15.5 Å². The highest BCUT2D eigenvalue weighted by molar-refractivity contribution is 6.31. The lowest BCUT2D eigenvalue weighted by Gasteiger charge is -2.09. The molecule has 0 fully saturated rings. The van der Waals surface area contributed by atoms with Gasteiger partial charge in [0.25, 0.3) is 0 Å². The van der Waals surface area contributed by atoms with Gasteiger partial charge < -0.3 is 5.32 Å². The van der Waals surface area contributed by atoms with Crippen molar-refractivity contribution in [2.24, 2.45) is 0 Å². The van der Waals surface area contributed by atoms with Crippen LogP contribution in [0.1, 0.15) is 22.6 Å². The molecule has 27 heavy (non-hydrogen) atoms.